The van der Waals surface area contributed by atoms with Crippen molar-refractivity contribution in [1.82, 2.24) is 19.6 Å². The first kappa shape index (κ1) is 21.4. The van der Waals surface area contributed by atoms with E-state index in [1.807, 2.05) is 48.5 Å². The normalized spacial score (nSPS) is 11.7. The molecule has 166 valence electrons. The summed E-state index contributed by atoms with van der Waals surface area (Å²) in [5, 5.41) is 6.94. The number of fused-ring (bicyclic) bond motifs is 1. The number of nitrogens with one attached hydrogen (secondary N) is 1. The zero-order chi connectivity index (χ0) is 22.9. The van der Waals surface area contributed by atoms with Crippen molar-refractivity contribution in [3.8, 4) is 11.5 Å². The van der Waals surface area contributed by atoms with Gasteiger partial charge < -0.3 is 14.8 Å². The summed E-state index contributed by atoms with van der Waals surface area (Å²) in [5.41, 5.74) is 2.16. The van der Waals surface area contributed by atoms with Crippen molar-refractivity contribution >= 4 is 11.6 Å². The van der Waals surface area contributed by atoms with E-state index in [9.17, 15) is 13.2 Å². The van der Waals surface area contributed by atoms with Crippen LogP contribution in [0, 0.1) is 6.92 Å². The number of nitrogens with zero attached hydrogens (tertiary/aromatic N) is 4. The fourth-order valence-corrected chi connectivity index (χ4v) is 3.36. The molecule has 0 aliphatic carbocycles. The van der Waals surface area contributed by atoms with Crippen LogP contribution in [0.3, 0.4) is 0 Å². The van der Waals surface area contributed by atoms with Gasteiger partial charge in [0.1, 0.15) is 17.3 Å². The Hall–Kier alpha value is -3.82. The minimum Gasteiger partial charge on any atom is -0.497 e. The fourth-order valence-electron chi connectivity index (χ4n) is 3.36. The highest BCUT2D eigenvalue weighted by Crippen LogP contribution is 2.32. The van der Waals surface area contributed by atoms with E-state index in [1.54, 1.807) is 27.2 Å². The number of ether oxygens (including phenoxy) is 2. The van der Waals surface area contributed by atoms with Gasteiger partial charge in [-0.05, 0) is 42.3 Å². The van der Waals surface area contributed by atoms with Crippen LogP contribution in [0.15, 0.2) is 54.6 Å². The number of halogens is 3. The molecule has 2 aromatic heterocycles. The Balaban J connectivity index is 1.85. The lowest BCUT2D eigenvalue weighted by Crippen LogP contribution is -2.16. The van der Waals surface area contributed by atoms with Gasteiger partial charge in [0.15, 0.2) is 0 Å². The number of anilines is 1. The molecule has 0 spiro atoms. The number of hydrogen-bond acceptors (Lipinski definition) is 6. The van der Waals surface area contributed by atoms with Crippen LogP contribution >= 0.6 is 0 Å². The second-order valence-electron chi connectivity index (χ2n) is 7.06. The van der Waals surface area contributed by atoms with Crippen molar-refractivity contribution < 1.29 is 22.6 Å². The lowest BCUT2D eigenvalue weighted by molar-refractivity contribution is -0.144. The number of alkyl halides is 3. The lowest BCUT2D eigenvalue weighted by atomic mass is 9.98. The number of methoxy groups -OCH3 is 2. The molecule has 0 saturated heterocycles. The standard InChI is InChI=1S/C22H20F3N5O2/c1-13-10-18(30-21(26-13)28-20(29-30)22(23,24)25)27-19(14-6-4-8-16(11-14)31-2)15-7-5-9-17(12-15)32-3/h4-12,19,27H,1-3H3. The monoisotopic (exact) mass is 443 g/mol. The molecule has 0 saturated carbocycles. The Morgan fingerprint density at radius 3 is 2.03 bits per heavy atom. The van der Waals surface area contributed by atoms with Gasteiger partial charge in [0.25, 0.3) is 11.6 Å². The first-order chi connectivity index (χ1) is 15.3. The van der Waals surface area contributed by atoms with E-state index in [0.29, 0.717) is 23.0 Å². The predicted octanol–water partition coefficient (Wildman–Crippen LogP) is 4.67. The third-order valence-electron chi connectivity index (χ3n) is 4.84. The van der Waals surface area contributed by atoms with Gasteiger partial charge in [0.05, 0.1) is 20.3 Å². The summed E-state index contributed by atoms with van der Waals surface area (Å²) in [6, 6.07) is 16.0. The average molecular weight is 443 g/mol. The van der Waals surface area contributed by atoms with Crippen LogP contribution in [0.2, 0.25) is 0 Å². The fraction of sp³-hybridized carbons (Fsp3) is 0.227. The first-order valence-corrected chi connectivity index (χ1v) is 9.64. The zero-order valence-electron chi connectivity index (χ0n) is 17.5. The minimum absolute atomic E-state index is 0.144. The molecular formula is C22H20F3N5O2. The molecule has 2 aromatic carbocycles. The van der Waals surface area contributed by atoms with Crippen molar-refractivity contribution in [2.24, 2.45) is 0 Å². The molecule has 0 bridgehead atoms. The molecule has 0 aliphatic rings. The van der Waals surface area contributed by atoms with Crippen LogP contribution in [-0.2, 0) is 6.18 Å². The molecule has 32 heavy (non-hydrogen) atoms. The molecule has 10 heteroatoms. The molecule has 0 unspecified atom stereocenters. The molecule has 0 aliphatic heterocycles. The third-order valence-corrected chi connectivity index (χ3v) is 4.84. The molecule has 7 nitrogen and oxygen atoms in total. The Bertz CT molecular complexity index is 1210. The van der Waals surface area contributed by atoms with E-state index in [0.717, 1.165) is 15.6 Å². The number of benzene rings is 2. The molecule has 2 heterocycles. The van der Waals surface area contributed by atoms with Crippen molar-refractivity contribution in [1.29, 1.82) is 0 Å². The van der Waals surface area contributed by atoms with Crippen LogP contribution in [0.5, 0.6) is 11.5 Å². The van der Waals surface area contributed by atoms with Gasteiger partial charge >= 0.3 is 6.18 Å². The van der Waals surface area contributed by atoms with Crippen LogP contribution in [0.1, 0.15) is 28.7 Å². The molecule has 0 atom stereocenters. The van der Waals surface area contributed by atoms with E-state index < -0.39 is 18.0 Å². The SMILES string of the molecule is COc1cccc(C(Nc2cc(C)nc3nc(C(F)(F)F)nn23)c2cccc(OC)c2)c1. The first-order valence-electron chi connectivity index (χ1n) is 9.64. The third kappa shape index (κ3) is 4.29. The van der Waals surface area contributed by atoms with E-state index in [4.69, 9.17) is 9.47 Å². The second kappa shape index (κ2) is 8.37. The Kier molecular flexibility index (Phi) is 5.60. The number of aromatic nitrogens is 4. The van der Waals surface area contributed by atoms with Gasteiger partial charge in [-0.1, -0.05) is 24.3 Å². The summed E-state index contributed by atoms with van der Waals surface area (Å²) >= 11 is 0. The molecular weight excluding hydrogens is 423 g/mol. The van der Waals surface area contributed by atoms with Gasteiger partial charge in [-0.3, -0.25) is 0 Å². The highest BCUT2D eigenvalue weighted by atomic mass is 19.4. The smallest absolute Gasteiger partial charge is 0.453 e. The van der Waals surface area contributed by atoms with Crippen molar-refractivity contribution in [2.75, 3.05) is 19.5 Å². The van der Waals surface area contributed by atoms with E-state index in [1.165, 1.54) is 0 Å². The quantitative estimate of drug-likeness (QED) is 0.467. The largest absolute Gasteiger partial charge is 0.497 e. The zero-order valence-corrected chi connectivity index (χ0v) is 17.5. The summed E-state index contributed by atoms with van der Waals surface area (Å²) in [5.74, 6) is 0.209. The minimum atomic E-state index is -4.68. The van der Waals surface area contributed by atoms with Gasteiger partial charge in [-0.2, -0.15) is 22.7 Å². The average Bonchev–Trinajstić information content (AvgIpc) is 3.22. The highest BCUT2D eigenvalue weighted by molar-refractivity contribution is 5.51. The Morgan fingerprint density at radius 1 is 0.906 bits per heavy atom. The van der Waals surface area contributed by atoms with Gasteiger partial charge in [0, 0.05) is 11.8 Å². The molecule has 0 radical (unpaired) electrons. The van der Waals surface area contributed by atoms with E-state index >= 15 is 0 Å². The lowest BCUT2D eigenvalue weighted by Gasteiger charge is -2.22. The molecule has 0 amide bonds. The maximum Gasteiger partial charge on any atom is 0.453 e. The second-order valence-corrected chi connectivity index (χ2v) is 7.06. The summed E-state index contributed by atoms with van der Waals surface area (Å²) in [6.45, 7) is 1.68. The molecule has 1 N–H and O–H groups in total. The van der Waals surface area contributed by atoms with Crippen LogP contribution < -0.4 is 14.8 Å². The van der Waals surface area contributed by atoms with Crippen molar-refractivity contribution in [3.05, 3.63) is 77.2 Å². The van der Waals surface area contributed by atoms with Crippen molar-refractivity contribution in [3.63, 3.8) is 0 Å². The van der Waals surface area contributed by atoms with Crippen molar-refractivity contribution in [2.45, 2.75) is 19.1 Å². The van der Waals surface area contributed by atoms with E-state index in [2.05, 4.69) is 20.4 Å². The highest BCUT2D eigenvalue weighted by Gasteiger charge is 2.37. The summed E-state index contributed by atoms with van der Waals surface area (Å²) in [6.07, 6.45) is -4.68. The summed E-state index contributed by atoms with van der Waals surface area (Å²) in [4.78, 5) is 7.64. The Labute approximate surface area is 181 Å². The maximum absolute atomic E-state index is 13.2. The van der Waals surface area contributed by atoms with Crippen LogP contribution in [0.4, 0.5) is 19.0 Å². The number of rotatable bonds is 6. The number of hydrogen-bond donors (Lipinski definition) is 1. The summed E-state index contributed by atoms with van der Waals surface area (Å²) < 4.78 is 51.4. The van der Waals surface area contributed by atoms with E-state index in [-0.39, 0.29) is 5.78 Å². The molecule has 4 aromatic rings. The number of aryl methyl sites for hydroxylation is 1. The maximum atomic E-state index is 13.2. The van der Waals surface area contributed by atoms with Crippen LogP contribution in [0.25, 0.3) is 5.78 Å². The predicted molar refractivity (Wildman–Crippen MR) is 112 cm³/mol. The summed E-state index contributed by atoms with van der Waals surface area (Å²) in [7, 11) is 3.13. The van der Waals surface area contributed by atoms with Gasteiger partial charge in [-0.15, -0.1) is 5.10 Å². The van der Waals surface area contributed by atoms with Gasteiger partial charge in [0.2, 0.25) is 0 Å². The molecule has 4 rings (SSSR count). The van der Waals surface area contributed by atoms with Gasteiger partial charge in [-0.25, -0.2) is 4.98 Å². The van der Waals surface area contributed by atoms with Crippen LogP contribution in [-0.4, -0.2) is 33.8 Å². The Morgan fingerprint density at radius 2 is 1.50 bits per heavy atom. The molecule has 0 fully saturated rings. The topological polar surface area (TPSA) is 73.6 Å².